The van der Waals surface area contributed by atoms with Gasteiger partial charge in [-0.2, -0.15) is 0 Å². The lowest BCUT2D eigenvalue weighted by Gasteiger charge is -1.99. The normalized spacial score (nSPS) is 13.3. The van der Waals surface area contributed by atoms with E-state index in [9.17, 15) is 9.50 Å². The molecule has 23 heavy (non-hydrogen) atoms. The van der Waals surface area contributed by atoms with E-state index in [1.165, 1.54) is 18.3 Å². The number of ether oxygens (including phenoxy) is 2. The molecule has 4 rings (SSSR count). The number of H-pyrrole nitrogens is 1. The highest BCUT2D eigenvalue weighted by Gasteiger charge is 2.13. The van der Waals surface area contributed by atoms with E-state index in [4.69, 9.17) is 9.47 Å². The number of hydrogen-bond donors (Lipinski definition) is 2. The van der Waals surface area contributed by atoms with Gasteiger partial charge in [0.25, 0.3) is 0 Å². The molecule has 0 saturated heterocycles. The molecule has 3 aromatic rings. The average molecular weight is 312 g/mol. The molecule has 5 nitrogen and oxygen atoms in total. The molecule has 0 radical (unpaired) electrons. The number of aromatic amines is 1. The molecule has 1 aliphatic rings. The van der Waals surface area contributed by atoms with Crippen LogP contribution in [-0.4, -0.2) is 23.1 Å². The largest absolute Gasteiger partial charge is 0.494 e. The second kappa shape index (κ2) is 5.31. The molecule has 1 aliphatic heterocycles. The highest BCUT2D eigenvalue weighted by atomic mass is 19.1. The number of nitrogens with zero attached hydrogens (tertiary/aromatic N) is 1. The van der Waals surface area contributed by atoms with Crippen molar-refractivity contribution in [1.82, 2.24) is 4.98 Å². The van der Waals surface area contributed by atoms with Crippen LogP contribution in [0, 0.1) is 5.82 Å². The molecule has 0 atom stereocenters. The van der Waals surface area contributed by atoms with Gasteiger partial charge in [0.2, 0.25) is 6.79 Å². The molecule has 2 heterocycles. The molecule has 0 amide bonds. The molecule has 0 fully saturated rings. The Hall–Kier alpha value is -3.02. The number of hydrogen-bond acceptors (Lipinski definition) is 4. The summed E-state index contributed by atoms with van der Waals surface area (Å²) in [6, 6.07) is 9.90. The molecule has 0 unspecified atom stereocenters. The van der Waals surface area contributed by atoms with E-state index < -0.39 is 0 Å². The maximum absolute atomic E-state index is 13.4. The highest BCUT2D eigenvalue weighted by Crippen LogP contribution is 2.32. The van der Waals surface area contributed by atoms with E-state index >= 15 is 0 Å². The second-order valence-corrected chi connectivity index (χ2v) is 5.23. The molecular weight excluding hydrogens is 299 g/mol. The van der Waals surface area contributed by atoms with Gasteiger partial charge in [-0.05, 0) is 35.9 Å². The van der Waals surface area contributed by atoms with E-state index in [0.717, 1.165) is 11.3 Å². The lowest BCUT2D eigenvalue weighted by atomic mass is 10.1. The average Bonchev–Trinajstić information content (AvgIpc) is 3.12. The second-order valence-electron chi connectivity index (χ2n) is 5.23. The van der Waals surface area contributed by atoms with Gasteiger partial charge in [0.1, 0.15) is 5.82 Å². The monoisotopic (exact) mass is 312 g/mol. The van der Waals surface area contributed by atoms with Gasteiger partial charge < -0.3 is 19.6 Å². The maximum atomic E-state index is 13.4. The topological polar surface area (TPSA) is 66.8 Å². The molecule has 0 bridgehead atoms. The van der Waals surface area contributed by atoms with E-state index in [0.29, 0.717) is 28.8 Å². The summed E-state index contributed by atoms with van der Waals surface area (Å²) in [5.41, 5.74) is 2.09. The van der Waals surface area contributed by atoms with Crippen LogP contribution in [0.3, 0.4) is 0 Å². The molecule has 2 N–H and O–H groups in total. The minimum absolute atomic E-state index is 0.0277. The van der Waals surface area contributed by atoms with Gasteiger partial charge in [0.15, 0.2) is 17.4 Å². The predicted octanol–water partition coefficient (Wildman–Crippen LogP) is 3.36. The molecule has 1 aromatic heterocycles. The third kappa shape index (κ3) is 2.48. The lowest BCUT2D eigenvalue weighted by molar-refractivity contribution is 0.174. The molecule has 116 valence electrons. The Kier molecular flexibility index (Phi) is 3.15. The van der Waals surface area contributed by atoms with Gasteiger partial charge in [-0.1, -0.05) is 6.07 Å². The zero-order valence-electron chi connectivity index (χ0n) is 12.0. The summed E-state index contributed by atoms with van der Waals surface area (Å²) in [5, 5.41) is 10.5. The van der Waals surface area contributed by atoms with Gasteiger partial charge in [0.05, 0.1) is 12.1 Å². The molecule has 0 saturated carbocycles. The fourth-order valence-electron chi connectivity index (χ4n) is 2.58. The Labute approximate surface area is 131 Å². The first-order chi connectivity index (χ1) is 11.2. The zero-order valence-corrected chi connectivity index (χ0v) is 12.0. The molecule has 0 spiro atoms. The zero-order chi connectivity index (χ0) is 15.8. The first kappa shape index (κ1) is 13.6. The van der Waals surface area contributed by atoms with Gasteiger partial charge in [-0.3, -0.25) is 4.99 Å². The van der Waals surface area contributed by atoms with Gasteiger partial charge in [0, 0.05) is 17.1 Å². The van der Waals surface area contributed by atoms with Crippen molar-refractivity contribution in [2.75, 3.05) is 6.79 Å². The number of aromatic hydroxyl groups is 1. The van der Waals surface area contributed by atoms with E-state index in [-0.39, 0.29) is 18.5 Å². The van der Waals surface area contributed by atoms with Crippen LogP contribution in [0.4, 0.5) is 4.39 Å². The van der Waals surface area contributed by atoms with Crippen molar-refractivity contribution in [2.45, 2.75) is 6.54 Å². The van der Waals surface area contributed by atoms with Gasteiger partial charge in [-0.15, -0.1) is 0 Å². The van der Waals surface area contributed by atoms with E-state index in [2.05, 4.69) is 9.98 Å². The number of halogens is 1. The Balaban J connectivity index is 1.59. The molecular formula is C17H13FN2O3. The number of aliphatic imine (C=N–C) groups is 1. The summed E-state index contributed by atoms with van der Waals surface area (Å²) >= 11 is 0. The van der Waals surface area contributed by atoms with Crippen LogP contribution in [0.25, 0.3) is 10.9 Å². The predicted molar refractivity (Wildman–Crippen MR) is 83.8 cm³/mol. The van der Waals surface area contributed by atoms with Crippen molar-refractivity contribution in [1.29, 1.82) is 0 Å². The van der Waals surface area contributed by atoms with Crippen LogP contribution in [0.15, 0.2) is 41.4 Å². The Morgan fingerprint density at radius 3 is 2.96 bits per heavy atom. The number of aromatic nitrogens is 1. The summed E-state index contributed by atoms with van der Waals surface area (Å²) in [6.07, 6.45) is 1.54. The third-order valence-corrected chi connectivity index (χ3v) is 3.71. The Morgan fingerprint density at radius 1 is 1.17 bits per heavy atom. The van der Waals surface area contributed by atoms with E-state index in [1.54, 1.807) is 6.07 Å². The van der Waals surface area contributed by atoms with Crippen LogP contribution in [0.1, 0.15) is 11.1 Å². The number of rotatable bonds is 3. The number of nitrogens with one attached hydrogen (secondary N) is 1. The van der Waals surface area contributed by atoms with Crippen molar-refractivity contribution in [3.63, 3.8) is 0 Å². The van der Waals surface area contributed by atoms with Crippen molar-refractivity contribution in [2.24, 2.45) is 4.99 Å². The van der Waals surface area contributed by atoms with Gasteiger partial charge >= 0.3 is 0 Å². The Morgan fingerprint density at radius 2 is 2.04 bits per heavy atom. The summed E-state index contributed by atoms with van der Waals surface area (Å²) < 4.78 is 24.0. The van der Waals surface area contributed by atoms with Gasteiger partial charge in [-0.25, -0.2) is 4.39 Å². The van der Waals surface area contributed by atoms with Crippen molar-refractivity contribution < 1.29 is 19.0 Å². The SMILES string of the molecule is Oc1[nH]c2ccc(F)cc2c1C=NCc1ccc2c(c1)OCO2. The molecule has 0 aliphatic carbocycles. The van der Waals surface area contributed by atoms with E-state index in [1.807, 2.05) is 18.2 Å². The third-order valence-electron chi connectivity index (χ3n) is 3.71. The van der Waals surface area contributed by atoms with Crippen LogP contribution in [0.5, 0.6) is 17.4 Å². The molecule has 6 heteroatoms. The number of fused-ring (bicyclic) bond motifs is 2. The fourth-order valence-corrected chi connectivity index (χ4v) is 2.58. The van der Waals surface area contributed by atoms with Crippen molar-refractivity contribution in [3.05, 3.63) is 53.3 Å². The van der Waals surface area contributed by atoms with Crippen molar-refractivity contribution >= 4 is 17.1 Å². The summed E-state index contributed by atoms with van der Waals surface area (Å²) in [4.78, 5) is 7.12. The van der Waals surface area contributed by atoms with Crippen LogP contribution in [0.2, 0.25) is 0 Å². The van der Waals surface area contributed by atoms with Crippen LogP contribution < -0.4 is 9.47 Å². The Bertz CT molecular complexity index is 918. The van der Waals surface area contributed by atoms with Crippen LogP contribution in [-0.2, 0) is 6.54 Å². The minimum atomic E-state index is -0.359. The lowest BCUT2D eigenvalue weighted by Crippen LogP contribution is -1.92. The number of benzene rings is 2. The summed E-state index contributed by atoms with van der Waals surface area (Å²) in [6.45, 7) is 0.648. The quantitative estimate of drug-likeness (QED) is 0.729. The molecule has 2 aromatic carbocycles. The smallest absolute Gasteiger partial charge is 0.231 e. The minimum Gasteiger partial charge on any atom is -0.494 e. The van der Waals surface area contributed by atoms with Crippen LogP contribution >= 0.6 is 0 Å². The maximum Gasteiger partial charge on any atom is 0.231 e. The summed E-state index contributed by atoms with van der Waals surface area (Å²) in [5.74, 6) is 1.04. The first-order valence-corrected chi connectivity index (χ1v) is 7.09. The first-order valence-electron chi connectivity index (χ1n) is 7.09. The fraction of sp³-hybridized carbons (Fsp3) is 0.118. The highest BCUT2D eigenvalue weighted by molar-refractivity contribution is 6.01. The summed E-state index contributed by atoms with van der Waals surface area (Å²) in [7, 11) is 0. The standard InChI is InChI=1S/C17H13FN2O3/c18-11-2-3-14-12(6-11)13(17(21)20-14)8-19-7-10-1-4-15-16(5-10)23-9-22-15/h1-6,8,20-21H,7,9H2. The van der Waals surface area contributed by atoms with Crippen molar-refractivity contribution in [3.8, 4) is 17.4 Å².